The average Bonchev–Trinajstić information content (AvgIpc) is 3.09. The second kappa shape index (κ2) is 8.06. The smallest absolute Gasteiger partial charge is 0.417 e. The van der Waals surface area contributed by atoms with Crippen molar-refractivity contribution in [1.82, 2.24) is 14.9 Å². The van der Waals surface area contributed by atoms with Gasteiger partial charge in [0.15, 0.2) is 5.75 Å². The number of esters is 1. The van der Waals surface area contributed by atoms with Crippen LogP contribution in [-0.4, -0.2) is 34.8 Å². The molecule has 1 N–H and O–H groups in total. The van der Waals surface area contributed by atoms with E-state index in [-0.39, 0.29) is 23.0 Å². The summed E-state index contributed by atoms with van der Waals surface area (Å²) in [4.78, 5) is 16.0. The molecule has 0 aliphatic carbocycles. The number of ether oxygens (including phenoxy) is 1. The molecule has 9 heteroatoms. The van der Waals surface area contributed by atoms with Gasteiger partial charge in [-0.3, -0.25) is 0 Å². The molecule has 1 aliphatic heterocycles. The molecule has 158 valence electrons. The molecule has 0 saturated carbocycles. The number of halogens is 4. The van der Waals surface area contributed by atoms with Gasteiger partial charge < -0.3 is 14.6 Å². The summed E-state index contributed by atoms with van der Waals surface area (Å²) >= 11 is 0. The minimum Gasteiger partial charge on any atom is -0.417 e. The Morgan fingerprint density at radius 3 is 2.50 bits per heavy atom. The van der Waals surface area contributed by atoms with Gasteiger partial charge in [0.25, 0.3) is 0 Å². The Morgan fingerprint density at radius 1 is 1.13 bits per heavy atom. The molecule has 1 saturated heterocycles. The van der Waals surface area contributed by atoms with E-state index >= 15 is 0 Å². The molecule has 3 aromatic rings. The maximum atomic E-state index is 13.3. The lowest BCUT2D eigenvalue weighted by atomic mass is 9.97. The van der Waals surface area contributed by atoms with Crippen LogP contribution in [0.3, 0.4) is 0 Å². The van der Waals surface area contributed by atoms with Crippen molar-refractivity contribution in [3.63, 3.8) is 0 Å². The van der Waals surface area contributed by atoms with Gasteiger partial charge in [0, 0.05) is 12.5 Å². The van der Waals surface area contributed by atoms with Crippen molar-refractivity contribution < 1.29 is 27.1 Å². The second-order valence-electron chi connectivity index (χ2n) is 7.22. The minimum absolute atomic E-state index is 0.102. The Bertz CT molecular complexity index is 1050. The van der Waals surface area contributed by atoms with Crippen LogP contribution in [0.4, 0.5) is 17.6 Å². The molecule has 1 aromatic heterocycles. The van der Waals surface area contributed by atoms with E-state index in [9.17, 15) is 22.4 Å². The third kappa shape index (κ3) is 4.16. The molecule has 2 heterocycles. The van der Waals surface area contributed by atoms with Crippen LogP contribution in [0.25, 0.3) is 11.0 Å². The van der Waals surface area contributed by atoms with Gasteiger partial charge in [-0.05, 0) is 55.8 Å². The molecule has 0 amide bonds. The fourth-order valence-corrected chi connectivity index (χ4v) is 3.71. The van der Waals surface area contributed by atoms with Crippen LogP contribution < -0.4 is 10.1 Å². The number of imidazole rings is 1. The van der Waals surface area contributed by atoms with E-state index in [2.05, 4.69) is 15.0 Å². The predicted octanol–water partition coefficient (Wildman–Crippen LogP) is 4.16. The highest BCUT2D eigenvalue weighted by Gasteiger charge is 2.41. The Hall–Kier alpha value is -2.94. The molecule has 5 nitrogen and oxygen atoms in total. The van der Waals surface area contributed by atoms with Gasteiger partial charge in [-0.15, -0.1) is 0 Å². The Morgan fingerprint density at radius 2 is 1.83 bits per heavy atom. The molecular formula is C21H19F4N3O2. The number of alkyl halides is 3. The number of nitrogens with one attached hydrogen (secondary N) is 1. The molecule has 0 unspecified atom stereocenters. The van der Waals surface area contributed by atoms with Crippen molar-refractivity contribution >= 4 is 17.0 Å². The number of carbonyl (C=O) groups is 1. The van der Waals surface area contributed by atoms with Crippen LogP contribution in [0.15, 0.2) is 42.5 Å². The highest BCUT2D eigenvalue weighted by Crippen LogP contribution is 2.33. The SMILES string of the molecule is O=C(Oc1cccc2c1nc(C1CCNCC1)n2Cc1ccc(F)cc1)C(F)(F)F. The molecule has 2 aromatic carbocycles. The van der Waals surface area contributed by atoms with Gasteiger partial charge in [0.05, 0.1) is 5.52 Å². The number of aromatic nitrogens is 2. The molecule has 1 aliphatic rings. The lowest BCUT2D eigenvalue weighted by molar-refractivity contribution is -0.189. The Balaban J connectivity index is 1.79. The second-order valence-corrected chi connectivity index (χ2v) is 7.22. The lowest BCUT2D eigenvalue weighted by Gasteiger charge is -2.23. The summed E-state index contributed by atoms with van der Waals surface area (Å²) in [7, 11) is 0. The molecule has 0 atom stereocenters. The van der Waals surface area contributed by atoms with Gasteiger partial charge in [0.1, 0.15) is 17.2 Å². The van der Waals surface area contributed by atoms with Gasteiger partial charge in [0.2, 0.25) is 0 Å². The zero-order valence-electron chi connectivity index (χ0n) is 15.9. The summed E-state index contributed by atoms with van der Waals surface area (Å²) in [5, 5.41) is 3.27. The lowest BCUT2D eigenvalue weighted by Crippen LogP contribution is -2.28. The highest BCUT2D eigenvalue weighted by molar-refractivity contribution is 5.87. The summed E-state index contributed by atoms with van der Waals surface area (Å²) < 4.78 is 57.9. The largest absolute Gasteiger partial charge is 0.491 e. The Kier molecular flexibility index (Phi) is 5.46. The third-order valence-electron chi connectivity index (χ3n) is 5.16. The molecule has 4 rings (SSSR count). The highest BCUT2D eigenvalue weighted by atomic mass is 19.4. The molecule has 0 spiro atoms. The van der Waals surface area contributed by atoms with Crippen LogP contribution >= 0.6 is 0 Å². The first kappa shape index (κ1) is 20.3. The topological polar surface area (TPSA) is 56.1 Å². The van der Waals surface area contributed by atoms with Crippen LogP contribution in [-0.2, 0) is 11.3 Å². The molecule has 1 fully saturated rings. The van der Waals surface area contributed by atoms with E-state index in [0.717, 1.165) is 31.5 Å². The quantitative estimate of drug-likeness (QED) is 0.391. The van der Waals surface area contributed by atoms with E-state index in [1.165, 1.54) is 24.3 Å². The number of benzene rings is 2. The van der Waals surface area contributed by atoms with Crippen LogP contribution in [0.1, 0.15) is 30.1 Å². The summed E-state index contributed by atoms with van der Waals surface area (Å²) in [5.74, 6) is -2.06. The number of para-hydroxylation sites is 1. The number of hydrogen-bond donors (Lipinski definition) is 1. The van der Waals surface area contributed by atoms with E-state index in [0.29, 0.717) is 17.9 Å². The van der Waals surface area contributed by atoms with Crippen LogP contribution in [0.2, 0.25) is 0 Å². The standard InChI is InChI=1S/C21H19F4N3O2/c22-15-6-4-13(5-7-15)12-28-16-2-1-3-17(30-20(29)21(23,24)25)18(16)27-19(28)14-8-10-26-11-9-14/h1-7,14,26H,8-12H2. The number of fused-ring (bicyclic) bond motifs is 1. The number of rotatable bonds is 4. The number of carbonyl (C=O) groups excluding carboxylic acids is 1. The van der Waals surface area contributed by atoms with Gasteiger partial charge in [-0.2, -0.15) is 13.2 Å². The summed E-state index contributed by atoms with van der Waals surface area (Å²) in [6, 6.07) is 10.6. The fraction of sp³-hybridized carbons (Fsp3) is 0.333. The first-order valence-corrected chi connectivity index (χ1v) is 9.56. The predicted molar refractivity (Wildman–Crippen MR) is 102 cm³/mol. The maximum absolute atomic E-state index is 13.3. The van der Waals surface area contributed by atoms with E-state index in [1.807, 2.05) is 4.57 Å². The normalized spacial score (nSPS) is 15.5. The monoisotopic (exact) mass is 421 g/mol. The number of piperidine rings is 1. The van der Waals surface area contributed by atoms with Crippen LogP contribution in [0.5, 0.6) is 5.75 Å². The summed E-state index contributed by atoms with van der Waals surface area (Å²) in [6.45, 7) is 1.98. The van der Waals surface area contributed by atoms with Crippen molar-refractivity contribution in [2.45, 2.75) is 31.5 Å². The van der Waals surface area contributed by atoms with Gasteiger partial charge >= 0.3 is 12.1 Å². The number of hydrogen-bond acceptors (Lipinski definition) is 4. The van der Waals surface area contributed by atoms with Crippen molar-refractivity contribution in [3.05, 3.63) is 59.7 Å². The summed E-state index contributed by atoms with van der Waals surface area (Å²) in [6.07, 6.45) is -3.45. The van der Waals surface area contributed by atoms with Gasteiger partial charge in [-0.25, -0.2) is 14.2 Å². The van der Waals surface area contributed by atoms with E-state index in [4.69, 9.17) is 0 Å². The maximum Gasteiger partial charge on any atom is 0.491 e. The molecule has 0 radical (unpaired) electrons. The van der Waals surface area contributed by atoms with E-state index in [1.54, 1.807) is 18.2 Å². The van der Waals surface area contributed by atoms with Gasteiger partial charge in [-0.1, -0.05) is 18.2 Å². The first-order chi connectivity index (χ1) is 14.3. The van der Waals surface area contributed by atoms with Crippen molar-refractivity contribution in [2.75, 3.05) is 13.1 Å². The van der Waals surface area contributed by atoms with Crippen LogP contribution in [0, 0.1) is 5.82 Å². The minimum atomic E-state index is -5.10. The molecule has 30 heavy (non-hydrogen) atoms. The van der Waals surface area contributed by atoms with Crippen molar-refractivity contribution in [1.29, 1.82) is 0 Å². The van der Waals surface area contributed by atoms with E-state index < -0.39 is 12.1 Å². The molecule has 0 bridgehead atoms. The zero-order chi connectivity index (χ0) is 21.3. The fourth-order valence-electron chi connectivity index (χ4n) is 3.71. The third-order valence-corrected chi connectivity index (χ3v) is 5.16. The number of nitrogens with zero attached hydrogens (tertiary/aromatic N) is 2. The average molecular weight is 421 g/mol. The zero-order valence-corrected chi connectivity index (χ0v) is 15.9. The molecular weight excluding hydrogens is 402 g/mol. The summed E-state index contributed by atoms with van der Waals surface area (Å²) in [5.41, 5.74) is 1.58. The Labute approximate surface area is 169 Å². The van der Waals surface area contributed by atoms with Crippen molar-refractivity contribution in [2.24, 2.45) is 0 Å². The van der Waals surface area contributed by atoms with Crippen molar-refractivity contribution in [3.8, 4) is 5.75 Å². The first-order valence-electron chi connectivity index (χ1n) is 9.56.